The predicted molar refractivity (Wildman–Crippen MR) is 83.7 cm³/mol. The van der Waals surface area contributed by atoms with E-state index in [1.807, 2.05) is 6.07 Å². The van der Waals surface area contributed by atoms with Gasteiger partial charge in [-0.3, -0.25) is 4.79 Å². The van der Waals surface area contributed by atoms with Crippen molar-refractivity contribution >= 4 is 26.8 Å². The highest BCUT2D eigenvalue weighted by atomic mass is 79.9. The molecule has 0 saturated heterocycles. The van der Waals surface area contributed by atoms with Gasteiger partial charge >= 0.3 is 0 Å². The van der Waals surface area contributed by atoms with Gasteiger partial charge < -0.3 is 14.8 Å². The molecule has 3 rings (SSSR count). The quantitative estimate of drug-likeness (QED) is 0.747. The number of ether oxygens (including phenoxy) is 1. The topological polar surface area (TPSA) is 75.2 Å². The molecule has 1 aromatic heterocycles. The van der Waals surface area contributed by atoms with E-state index in [1.165, 1.54) is 7.11 Å². The lowest BCUT2D eigenvalue weighted by atomic mass is 10.1. The maximum Gasteiger partial charge on any atom is 0.259 e. The van der Waals surface area contributed by atoms with Crippen molar-refractivity contribution in [3.05, 3.63) is 51.2 Å². The van der Waals surface area contributed by atoms with Crippen LogP contribution < -0.4 is 10.3 Å². The minimum atomic E-state index is -0.209. The Hall–Kier alpha value is -2.34. The fourth-order valence-corrected chi connectivity index (χ4v) is 2.53. The lowest BCUT2D eigenvalue weighted by molar-refractivity contribution is 0.372. The molecule has 0 aliphatic carbocycles. The molecule has 2 aromatic carbocycles. The van der Waals surface area contributed by atoms with Gasteiger partial charge in [-0.2, -0.15) is 0 Å². The van der Waals surface area contributed by atoms with E-state index in [-0.39, 0.29) is 11.3 Å². The second kappa shape index (κ2) is 5.21. The Bertz CT molecular complexity index is 890. The number of aromatic amines is 1. The molecule has 0 bridgehead atoms. The van der Waals surface area contributed by atoms with E-state index in [4.69, 9.17) is 4.74 Å². The number of aromatic hydroxyl groups is 1. The van der Waals surface area contributed by atoms with Crippen molar-refractivity contribution in [2.24, 2.45) is 0 Å². The molecule has 0 radical (unpaired) electrons. The summed E-state index contributed by atoms with van der Waals surface area (Å²) in [4.78, 5) is 19.3. The minimum Gasteiger partial charge on any atom is -0.503 e. The van der Waals surface area contributed by atoms with Crippen LogP contribution in [0.15, 0.2) is 45.7 Å². The standard InChI is InChI=1S/C15H11BrN2O3/c1-21-12-7-8(6-10(16)13(12)19)14-17-11-5-3-2-4-9(11)15(20)18-14/h2-7,19H,1H3,(H,17,18,20). The molecule has 106 valence electrons. The number of fused-ring (bicyclic) bond motifs is 1. The van der Waals surface area contributed by atoms with Crippen molar-refractivity contribution in [3.63, 3.8) is 0 Å². The highest BCUT2D eigenvalue weighted by molar-refractivity contribution is 9.10. The van der Waals surface area contributed by atoms with Crippen LogP contribution in [-0.2, 0) is 0 Å². The first-order chi connectivity index (χ1) is 10.1. The Morgan fingerprint density at radius 2 is 2.05 bits per heavy atom. The van der Waals surface area contributed by atoms with Crippen molar-refractivity contribution in [1.82, 2.24) is 9.97 Å². The third-order valence-corrected chi connectivity index (χ3v) is 3.74. The average Bonchev–Trinajstić information content (AvgIpc) is 2.50. The van der Waals surface area contributed by atoms with Gasteiger partial charge in [0.15, 0.2) is 11.5 Å². The summed E-state index contributed by atoms with van der Waals surface area (Å²) >= 11 is 3.25. The molecule has 0 amide bonds. The van der Waals surface area contributed by atoms with Gasteiger partial charge in [0.2, 0.25) is 0 Å². The molecular weight excluding hydrogens is 336 g/mol. The van der Waals surface area contributed by atoms with E-state index in [9.17, 15) is 9.90 Å². The number of hydrogen-bond donors (Lipinski definition) is 2. The second-order valence-corrected chi connectivity index (χ2v) is 5.29. The molecule has 3 aromatic rings. The van der Waals surface area contributed by atoms with Crippen molar-refractivity contribution in [1.29, 1.82) is 0 Å². The van der Waals surface area contributed by atoms with Crippen molar-refractivity contribution in [2.75, 3.05) is 7.11 Å². The predicted octanol–water partition coefficient (Wildman–Crippen LogP) is 3.07. The van der Waals surface area contributed by atoms with Crippen molar-refractivity contribution in [2.45, 2.75) is 0 Å². The van der Waals surface area contributed by atoms with Crippen LogP contribution in [0, 0.1) is 0 Å². The molecule has 0 aliphatic rings. The first-order valence-electron chi connectivity index (χ1n) is 6.16. The van der Waals surface area contributed by atoms with Gasteiger partial charge in [0.25, 0.3) is 5.56 Å². The number of phenols is 1. The summed E-state index contributed by atoms with van der Waals surface area (Å²) in [5.41, 5.74) is 1.04. The van der Waals surface area contributed by atoms with E-state index in [0.29, 0.717) is 32.5 Å². The zero-order valence-corrected chi connectivity index (χ0v) is 12.6. The van der Waals surface area contributed by atoms with E-state index >= 15 is 0 Å². The maximum atomic E-state index is 12.1. The maximum absolute atomic E-state index is 12.1. The van der Waals surface area contributed by atoms with Crippen LogP contribution in [0.1, 0.15) is 0 Å². The summed E-state index contributed by atoms with van der Waals surface area (Å²) in [5.74, 6) is 0.720. The summed E-state index contributed by atoms with van der Waals surface area (Å²) in [6.07, 6.45) is 0. The lowest BCUT2D eigenvalue weighted by Crippen LogP contribution is -2.09. The van der Waals surface area contributed by atoms with Gasteiger partial charge in [-0.15, -0.1) is 0 Å². The Morgan fingerprint density at radius 3 is 2.81 bits per heavy atom. The highest BCUT2D eigenvalue weighted by Gasteiger charge is 2.12. The minimum absolute atomic E-state index is 0.00406. The van der Waals surface area contributed by atoms with Gasteiger partial charge in [0, 0.05) is 5.56 Å². The molecule has 0 fully saturated rings. The molecule has 21 heavy (non-hydrogen) atoms. The molecule has 0 unspecified atom stereocenters. The number of benzene rings is 2. The number of aromatic nitrogens is 2. The van der Waals surface area contributed by atoms with Crippen LogP contribution in [0.4, 0.5) is 0 Å². The van der Waals surface area contributed by atoms with Crippen LogP contribution in [0.25, 0.3) is 22.3 Å². The average molecular weight is 347 g/mol. The summed E-state index contributed by atoms with van der Waals surface area (Å²) < 4.78 is 5.57. The fourth-order valence-electron chi connectivity index (χ4n) is 2.09. The SMILES string of the molecule is COc1cc(-c2nc3ccccc3c(=O)[nH]2)cc(Br)c1O. The number of para-hydroxylation sites is 1. The Balaban J connectivity index is 2.26. The third kappa shape index (κ3) is 2.38. The number of rotatable bonds is 2. The highest BCUT2D eigenvalue weighted by Crippen LogP contribution is 2.37. The second-order valence-electron chi connectivity index (χ2n) is 4.44. The fraction of sp³-hybridized carbons (Fsp3) is 0.0667. The normalized spacial score (nSPS) is 10.8. The molecule has 0 spiro atoms. The van der Waals surface area contributed by atoms with Crippen LogP contribution in [0.5, 0.6) is 11.5 Å². The van der Waals surface area contributed by atoms with Crippen molar-refractivity contribution < 1.29 is 9.84 Å². The zero-order valence-electron chi connectivity index (χ0n) is 11.1. The number of halogens is 1. The number of H-pyrrole nitrogens is 1. The van der Waals surface area contributed by atoms with Crippen LogP contribution in [-0.4, -0.2) is 22.2 Å². The van der Waals surface area contributed by atoms with Crippen LogP contribution >= 0.6 is 15.9 Å². The summed E-state index contributed by atoms with van der Waals surface area (Å²) in [7, 11) is 1.46. The largest absolute Gasteiger partial charge is 0.503 e. The molecular formula is C15H11BrN2O3. The number of methoxy groups -OCH3 is 1. The van der Waals surface area contributed by atoms with Gasteiger partial charge in [-0.25, -0.2) is 4.98 Å². The van der Waals surface area contributed by atoms with Crippen molar-refractivity contribution in [3.8, 4) is 22.9 Å². The molecule has 0 aliphatic heterocycles. The smallest absolute Gasteiger partial charge is 0.259 e. The first-order valence-corrected chi connectivity index (χ1v) is 6.95. The number of nitrogens with one attached hydrogen (secondary N) is 1. The van der Waals surface area contributed by atoms with Crippen LogP contribution in [0.3, 0.4) is 0 Å². The first kappa shape index (κ1) is 13.6. The number of phenolic OH excluding ortho intramolecular Hbond substituents is 1. The number of hydrogen-bond acceptors (Lipinski definition) is 4. The Morgan fingerprint density at radius 1 is 1.29 bits per heavy atom. The molecule has 1 heterocycles. The van der Waals surface area contributed by atoms with Gasteiger partial charge in [-0.05, 0) is 40.2 Å². The van der Waals surface area contributed by atoms with Crippen LogP contribution in [0.2, 0.25) is 0 Å². The van der Waals surface area contributed by atoms with E-state index in [2.05, 4.69) is 25.9 Å². The summed E-state index contributed by atoms with van der Waals surface area (Å²) in [5, 5.41) is 10.4. The molecule has 0 saturated carbocycles. The third-order valence-electron chi connectivity index (χ3n) is 3.13. The summed E-state index contributed by atoms with van der Waals surface area (Å²) in [6, 6.07) is 10.4. The Labute approximate surface area is 128 Å². The van der Waals surface area contributed by atoms with Gasteiger partial charge in [0.1, 0.15) is 5.82 Å². The molecule has 0 atom stereocenters. The van der Waals surface area contributed by atoms with E-state index in [0.717, 1.165) is 0 Å². The lowest BCUT2D eigenvalue weighted by Gasteiger charge is -2.09. The zero-order chi connectivity index (χ0) is 15.0. The number of nitrogens with zero attached hydrogens (tertiary/aromatic N) is 1. The molecule has 5 nitrogen and oxygen atoms in total. The van der Waals surface area contributed by atoms with E-state index in [1.54, 1.807) is 30.3 Å². The molecule has 2 N–H and O–H groups in total. The Kier molecular flexibility index (Phi) is 3.39. The molecule has 6 heteroatoms. The monoisotopic (exact) mass is 346 g/mol. The summed E-state index contributed by atoms with van der Waals surface area (Å²) in [6.45, 7) is 0. The van der Waals surface area contributed by atoms with E-state index < -0.39 is 0 Å². The van der Waals surface area contributed by atoms with Gasteiger partial charge in [0.05, 0.1) is 22.5 Å². The van der Waals surface area contributed by atoms with Gasteiger partial charge in [-0.1, -0.05) is 12.1 Å².